The lowest BCUT2D eigenvalue weighted by Gasteiger charge is -2.24. The number of ether oxygens (including phenoxy) is 2. The highest BCUT2D eigenvalue weighted by atomic mass is 32.2. The number of aryl methyl sites for hydroxylation is 2. The summed E-state index contributed by atoms with van der Waals surface area (Å²) in [6.45, 7) is 3.93. The first-order chi connectivity index (χ1) is 13.8. The van der Waals surface area contributed by atoms with Crippen molar-refractivity contribution in [2.24, 2.45) is 0 Å². The van der Waals surface area contributed by atoms with Gasteiger partial charge in [0.15, 0.2) is 0 Å². The van der Waals surface area contributed by atoms with E-state index < -0.39 is 16.1 Å². The molecule has 0 radical (unpaired) electrons. The first-order valence-electron chi connectivity index (χ1n) is 9.40. The quantitative estimate of drug-likeness (QED) is 0.779. The summed E-state index contributed by atoms with van der Waals surface area (Å²) in [5, 5.41) is 2.84. The summed E-state index contributed by atoms with van der Waals surface area (Å²) in [6, 6.07) is 9.59. The number of methoxy groups -OCH3 is 2. The van der Waals surface area contributed by atoms with Crippen LogP contribution in [-0.4, -0.2) is 45.4 Å². The minimum atomic E-state index is -3.85. The van der Waals surface area contributed by atoms with Crippen LogP contribution in [0.3, 0.4) is 0 Å². The molecule has 29 heavy (non-hydrogen) atoms. The van der Waals surface area contributed by atoms with E-state index in [-0.39, 0.29) is 10.8 Å². The Morgan fingerprint density at radius 2 is 1.86 bits per heavy atom. The van der Waals surface area contributed by atoms with Crippen LogP contribution >= 0.6 is 0 Å². The van der Waals surface area contributed by atoms with Crippen LogP contribution in [0.25, 0.3) is 0 Å². The van der Waals surface area contributed by atoms with E-state index in [1.165, 1.54) is 24.6 Å². The lowest BCUT2D eigenvalue weighted by atomic mass is 10.1. The molecule has 0 aliphatic carbocycles. The number of hydrogen-bond donors (Lipinski definition) is 1. The zero-order chi connectivity index (χ0) is 21.2. The van der Waals surface area contributed by atoms with E-state index >= 15 is 0 Å². The van der Waals surface area contributed by atoms with Gasteiger partial charge in [-0.3, -0.25) is 4.79 Å². The van der Waals surface area contributed by atoms with Crippen LogP contribution in [-0.2, 0) is 14.8 Å². The molecule has 3 rings (SSSR count). The van der Waals surface area contributed by atoms with E-state index in [2.05, 4.69) is 5.32 Å². The summed E-state index contributed by atoms with van der Waals surface area (Å²) in [7, 11) is -0.837. The summed E-state index contributed by atoms with van der Waals surface area (Å²) >= 11 is 0. The molecule has 1 saturated heterocycles. The van der Waals surface area contributed by atoms with Crippen molar-refractivity contribution in [3.05, 3.63) is 47.5 Å². The second kappa shape index (κ2) is 8.42. The molecule has 1 aliphatic rings. The maximum Gasteiger partial charge on any atom is 0.244 e. The van der Waals surface area contributed by atoms with Crippen molar-refractivity contribution in [1.82, 2.24) is 4.31 Å². The number of amides is 1. The molecule has 1 heterocycles. The summed E-state index contributed by atoms with van der Waals surface area (Å²) in [6.07, 6.45) is 1.08. The van der Waals surface area contributed by atoms with Crippen LogP contribution < -0.4 is 14.8 Å². The highest BCUT2D eigenvalue weighted by Gasteiger charge is 2.40. The number of nitrogens with one attached hydrogen (secondary N) is 1. The average Bonchev–Trinajstić information content (AvgIpc) is 3.19. The number of carbonyl (C=O) groups excluding carboxylic acids is 1. The minimum Gasteiger partial charge on any atom is -0.497 e. The summed E-state index contributed by atoms with van der Waals surface area (Å²) in [4.78, 5) is 13.2. The first kappa shape index (κ1) is 21.1. The zero-order valence-electron chi connectivity index (χ0n) is 17.1. The third kappa shape index (κ3) is 4.23. The van der Waals surface area contributed by atoms with E-state index in [0.29, 0.717) is 42.1 Å². The van der Waals surface area contributed by atoms with Crippen LogP contribution in [0.2, 0.25) is 0 Å². The molecule has 8 heteroatoms. The molecule has 0 unspecified atom stereocenters. The molecular weight excluding hydrogens is 392 g/mol. The second-order valence-electron chi connectivity index (χ2n) is 7.10. The van der Waals surface area contributed by atoms with Gasteiger partial charge in [-0.05, 0) is 56.0 Å². The molecule has 7 nitrogen and oxygen atoms in total. The van der Waals surface area contributed by atoms with Crippen molar-refractivity contribution < 1.29 is 22.7 Å². The van der Waals surface area contributed by atoms with Crippen molar-refractivity contribution in [1.29, 1.82) is 0 Å². The number of anilines is 1. The molecule has 1 aliphatic heterocycles. The van der Waals surface area contributed by atoms with Gasteiger partial charge in [-0.25, -0.2) is 8.42 Å². The number of sulfonamides is 1. The lowest BCUT2D eigenvalue weighted by Crippen LogP contribution is -2.43. The molecule has 1 amide bonds. The molecule has 1 N–H and O–H groups in total. The van der Waals surface area contributed by atoms with E-state index in [4.69, 9.17) is 9.47 Å². The molecule has 2 aromatic rings. The standard InChI is InChI=1S/C21H26N2O5S/c1-14-7-10-19(28-4)17(12-14)22-21(24)18-6-5-11-23(18)29(25,26)20-13-16(27-3)9-8-15(20)2/h7-10,12-13,18H,5-6,11H2,1-4H3,(H,22,24)/t18-/m1/s1. The van der Waals surface area contributed by atoms with Gasteiger partial charge < -0.3 is 14.8 Å². The Morgan fingerprint density at radius 1 is 1.10 bits per heavy atom. The monoisotopic (exact) mass is 418 g/mol. The highest BCUT2D eigenvalue weighted by molar-refractivity contribution is 7.89. The van der Waals surface area contributed by atoms with Crippen molar-refractivity contribution in [2.75, 3.05) is 26.1 Å². The fourth-order valence-electron chi connectivity index (χ4n) is 3.54. The summed E-state index contributed by atoms with van der Waals surface area (Å²) in [5.74, 6) is 0.620. The number of hydrogen-bond acceptors (Lipinski definition) is 5. The van der Waals surface area contributed by atoms with E-state index in [0.717, 1.165) is 5.56 Å². The first-order valence-corrected chi connectivity index (χ1v) is 10.8. The van der Waals surface area contributed by atoms with E-state index in [9.17, 15) is 13.2 Å². The Kier molecular flexibility index (Phi) is 6.14. The predicted octanol–water partition coefficient (Wildman–Crippen LogP) is 3.11. The average molecular weight is 419 g/mol. The normalized spacial score (nSPS) is 17.2. The van der Waals surface area contributed by atoms with E-state index in [1.807, 2.05) is 13.0 Å². The molecule has 156 valence electrons. The van der Waals surface area contributed by atoms with Crippen molar-refractivity contribution in [2.45, 2.75) is 37.6 Å². The molecule has 1 fully saturated rings. The van der Waals surface area contributed by atoms with Gasteiger partial charge in [0.2, 0.25) is 15.9 Å². The molecule has 0 saturated carbocycles. The fraction of sp³-hybridized carbons (Fsp3) is 0.381. The van der Waals surface area contributed by atoms with Gasteiger partial charge in [0.1, 0.15) is 17.5 Å². The van der Waals surface area contributed by atoms with Gasteiger partial charge in [-0.2, -0.15) is 4.31 Å². The van der Waals surface area contributed by atoms with Gasteiger partial charge in [-0.1, -0.05) is 12.1 Å². The number of rotatable bonds is 6. The predicted molar refractivity (Wildman–Crippen MR) is 111 cm³/mol. The van der Waals surface area contributed by atoms with Crippen LogP contribution in [0, 0.1) is 13.8 Å². The Bertz CT molecular complexity index is 1020. The molecule has 2 aromatic carbocycles. The Balaban J connectivity index is 1.90. The number of benzene rings is 2. The van der Waals surface area contributed by atoms with Gasteiger partial charge in [-0.15, -0.1) is 0 Å². The van der Waals surface area contributed by atoms with Gasteiger partial charge >= 0.3 is 0 Å². The van der Waals surface area contributed by atoms with Crippen molar-refractivity contribution in [3.63, 3.8) is 0 Å². The molecule has 0 aromatic heterocycles. The minimum absolute atomic E-state index is 0.157. The SMILES string of the molecule is COc1ccc(C)c(S(=O)(=O)N2CCC[C@@H]2C(=O)Nc2cc(C)ccc2OC)c1. The molecule has 0 spiro atoms. The lowest BCUT2D eigenvalue weighted by molar-refractivity contribution is -0.119. The Hall–Kier alpha value is -2.58. The fourth-order valence-corrected chi connectivity index (χ4v) is 5.44. The number of carbonyl (C=O) groups is 1. The van der Waals surface area contributed by atoms with Crippen molar-refractivity contribution in [3.8, 4) is 11.5 Å². The highest BCUT2D eigenvalue weighted by Crippen LogP contribution is 2.32. The Labute approximate surface area is 171 Å². The topological polar surface area (TPSA) is 84.9 Å². The third-order valence-electron chi connectivity index (χ3n) is 5.10. The number of nitrogens with zero attached hydrogens (tertiary/aromatic N) is 1. The summed E-state index contributed by atoms with van der Waals surface area (Å²) < 4.78 is 38.4. The maximum atomic E-state index is 13.3. The van der Waals surface area contributed by atoms with Crippen LogP contribution in [0.4, 0.5) is 5.69 Å². The van der Waals surface area contributed by atoms with E-state index in [1.54, 1.807) is 31.2 Å². The molecule has 1 atom stereocenters. The summed E-state index contributed by atoms with van der Waals surface area (Å²) in [5.41, 5.74) is 2.10. The third-order valence-corrected chi connectivity index (χ3v) is 7.15. The second-order valence-corrected chi connectivity index (χ2v) is 8.96. The largest absolute Gasteiger partial charge is 0.497 e. The Morgan fingerprint density at radius 3 is 2.55 bits per heavy atom. The van der Waals surface area contributed by atoms with Crippen LogP contribution in [0.5, 0.6) is 11.5 Å². The van der Waals surface area contributed by atoms with Gasteiger partial charge in [0.05, 0.1) is 24.8 Å². The van der Waals surface area contributed by atoms with Crippen LogP contribution in [0.15, 0.2) is 41.3 Å². The maximum absolute atomic E-state index is 13.3. The van der Waals surface area contributed by atoms with Crippen molar-refractivity contribution >= 4 is 21.6 Å². The van der Waals surface area contributed by atoms with Gasteiger partial charge in [0.25, 0.3) is 0 Å². The smallest absolute Gasteiger partial charge is 0.244 e. The molecule has 0 bridgehead atoms. The zero-order valence-corrected chi connectivity index (χ0v) is 17.9. The van der Waals surface area contributed by atoms with Crippen LogP contribution in [0.1, 0.15) is 24.0 Å². The molecular formula is C21H26N2O5S. The van der Waals surface area contributed by atoms with Gasteiger partial charge in [0, 0.05) is 12.6 Å².